The number of hydrogen-bond acceptors (Lipinski definition) is 0. The summed E-state index contributed by atoms with van der Waals surface area (Å²) in [6.45, 7) is 4.00. The molecule has 0 aromatic heterocycles. The van der Waals surface area contributed by atoms with Crippen molar-refractivity contribution in [1.29, 1.82) is 0 Å². The Morgan fingerprint density at radius 3 is 0.235 bits per heavy atom. The predicted octanol–water partition coefficient (Wildman–Crippen LogP) is 2.35. The average Bonchev–Trinajstić information content (AvgIpc) is 1.00. The minimum absolute atomic E-state index is 0. The Morgan fingerprint density at radius 1 is 0.235 bits per heavy atom. The van der Waals surface area contributed by atoms with E-state index in [0.717, 1.165) is 0 Å². The van der Waals surface area contributed by atoms with Gasteiger partial charge in [0, 0.05) is 393 Å². The molecule has 0 fully saturated rings. The fraction of sp³-hybridized carbons (Fsp3) is 0.400. The van der Waals surface area contributed by atoms with E-state index in [2.05, 4.69) is 0 Å². The van der Waals surface area contributed by atoms with Gasteiger partial charge in [-0.2, -0.15) is 0 Å². The molecule has 0 aliphatic carbocycles. The van der Waals surface area contributed by atoms with E-state index in [1.54, 1.807) is 0 Å². The molecule has 0 bridgehead atoms. The van der Waals surface area contributed by atoms with Gasteiger partial charge in [-0.3, -0.25) is 0 Å². The van der Waals surface area contributed by atoms with Crippen LogP contribution in [0.2, 0.25) is 0 Å². The van der Waals surface area contributed by atoms with Crippen LogP contribution in [0.1, 0.15) is 13.8 Å². The molecule has 0 aliphatic heterocycles. The first-order valence-electron chi connectivity index (χ1n) is 1.00. The molecule has 0 aliphatic rings. The zero-order valence-electron chi connectivity index (χ0n) is 11.9. The van der Waals surface area contributed by atoms with Crippen LogP contribution >= 0.6 is 0 Å². The zero-order valence-corrected chi connectivity index (χ0v) is 46.0. The second-order valence-corrected chi connectivity index (χ2v) is 0. The fourth-order valence-electron chi connectivity index (χ4n) is 0. The van der Waals surface area contributed by atoms with Crippen molar-refractivity contribution >= 4 is 0 Å². The molecule has 0 atom stereocenters. The van der Waals surface area contributed by atoms with E-state index < -0.39 is 0 Å². The fourth-order valence-corrected chi connectivity index (χ4v) is 0. The minimum Gasteiger partial charge on any atom is -0.358 e. The summed E-state index contributed by atoms with van der Waals surface area (Å²) < 4.78 is 0. The summed E-state index contributed by atoms with van der Waals surface area (Å²) in [5.74, 6) is 0. The summed E-state index contributed by atoms with van der Waals surface area (Å²) >= 11 is 0. The van der Waals surface area contributed by atoms with E-state index >= 15 is 0 Å². The molecule has 0 rings (SSSR count). The summed E-state index contributed by atoms with van der Waals surface area (Å²) in [6, 6.07) is 0. The van der Waals surface area contributed by atoms with Gasteiger partial charge in [-0.15, -0.1) is 0 Å². The third-order valence-corrected chi connectivity index (χ3v) is 0. The Bertz CT molecular complexity index is 14.9. The standard InChI is InChI=1S/C2H6.3CH3.12Y/c1-2;;;;;;;;;;;;;;;/h1-2H3;3*1H3;;;;;;;;;;;;/q;3*-1;;;;;;;;;;;;. The second-order valence-electron chi connectivity index (χ2n) is 0. The minimum atomic E-state index is 0. The van der Waals surface area contributed by atoms with Gasteiger partial charge in [0.05, 0.1) is 0 Å². The topological polar surface area (TPSA) is 0 Å². The van der Waals surface area contributed by atoms with E-state index in [-0.39, 0.29) is 415 Å². The molecule has 0 unspecified atom stereocenters. The second kappa shape index (κ2) is 133. The van der Waals surface area contributed by atoms with E-state index in [0.29, 0.717) is 0 Å². The van der Waals surface area contributed by atoms with Crippen LogP contribution in [0.25, 0.3) is 0 Å². The molecule has 0 saturated carbocycles. The van der Waals surface area contributed by atoms with E-state index in [1.807, 2.05) is 13.8 Å². The summed E-state index contributed by atoms with van der Waals surface area (Å²) in [4.78, 5) is 0. The van der Waals surface area contributed by atoms with Crippen LogP contribution in [0.15, 0.2) is 0 Å². The molecule has 0 amide bonds. The maximum absolute atomic E-state index is 2.00. The molecule has 74 valence electrons. The summed E-state index contributed by atoms with van der Waals surface area (Å²) in [5, 5.41) is 0. The predicted molar refractivity (Wildman–Crippen MR) is 30.6 cm³/mol. The number of hydrogen-bond donors (Lipinski definition) is 0. The molecule has 12 radical (unpaired) electrons. The van der Waals surface area contributed by atoms with Gasteiger partial charge in [0.1, 0.15) is 0 Å². The first-order chi connectivity index (χ1) is 1.00. The van der Waals surface area contributed by atoms with Crippen molar-refractivity contribution in [3.63, 3.8) is 0 Å². The van der Waals surface area contributed by atoms with Crippen molar-refractivity contribution in [2.24, 2.45) is 0 Å². The van der Waals surface area contributed by atoms with Crippen molar-refractivity contribution in [3.05, 3.63) is 22.3 Å². The van der Waals surface area contributed by atoms with Gasteiger partial charge in [-0.05, 0) is 0 Å². The molecule has 0 N–H and O–H groups in total. The molecule has 17 heavy (non-hydrogen) atoms. The first-order valence-corrected chi connectivity index (χ1v) is 1.00. The Kier molecular flexibility index (Phi) is 997. The quantitative estimate of drug-likeness (QED) is 0.328. The molecular formula is C5H15Y12-3. The molecule has 12 heteroatoms. The third-order valence-electron chi connectivity index (χ3n) is 0. The van der Waals surface area contributed by atoms with Crippen LogP contribution in [0.3, 0.4) is 0 Å². The smallest absolute Gasteiger partial charge is 0 e. The largest absolute Gasteiger partial charge is 0.358 e. The SMILES string of the molecule is CC.[CH3-].[CH3-].[CH3-].[Y].[Y].[Y].[Y].[Y].[Y].[Y].[Y].[Y].[Y].[Y].[Y]. The first kappa shape index (κ1) is 127. The molecule has 0 aromatic rings. The normalized spacial score (nSPS) is 0.353. The van der Waals surface area contributed by atoms with E-state index in [4.69, 9.17) is 0 Å². The molecule has 0 nitrogen and oxygen atoms in total. The van der Waals surface area contributed by atoms with Gasteiger partial charge in [0.25, 0.3) is 0 Å². The monoisotopic (exact) mass is 1140 g/mol. The summed E-state index contributed by atoms with van der Waals surface area (Å²) in [5.41, 5.74) is 0. The summed E-state index contributed by atoms with van der Waals surface area (Å²) in [6.07, 6.45) is 0. The Balaban J connectivity index is -0.0000000000476. The molecule has 0 heterocycles. The Morgan fingerprint density at radius 2 is 0.235 bits per heavy atom. The molecule has 0 spiro atoms. The third kappa shape index (κ3) is 124. The molecular weight excluding hydrogens is 1130 g/mol. The van der Waals surface area contributed by atoms with Gasteiger partial charge in [0.2, 0.25) is 0 Å². The zero-order chi connectivity index (χ0) is 2.00. The van der Waals surface area contributed by atoms with E-state index in [1.165, 1.54) is 0 Å². The number of rotatable bonds is 0. The van der Waals surface area contributed by atoms with Gasteiger partial charge in [-0.25, -0.2) is 0 Å². The van der Waals surface area contributed by atoms with Crippen LogP contribution in [0.5, 0.6) is 0 Å². The van der Waals surface area contributed by atoms with Crippen LogP contribution in [-0.4, -0.2) is 0 Å². The van der Waals surface area contributed by atoms with Gasteiger partial charge in [0.15, 0.2) is 0 Å². The molecule has 0 saturated heterocycles. The van der Waals surface area contributed by atoms with Gasteiger partial charge >= 0.3 is 0 Å². The average molecular weight is 1140 g/mol. The van der Waals surface area contributed by atoms with Gasteiger partial charge < -0.3 is 22.3 Å². The van der Waals surface area contributed by atoms with E-state index in [9.17, 15) is 0 Å². The Labute approximate surface area is 414 Å². The van der Waals surface area contributed by atoms with Crippen molar-refractivity contribution in [2.75, 3.05) is 0 Å². The Hall–Kier alpha value is 13.2. The maximum atomic E-state index is 2.00. The van der Waals surface area contributed by atoms with Crippen LogP contribution in [0, 0.1) is 22.3 Å². The van der Waals surface area contributed by atoms with Crippen LogP contribution in [-0.2, 0) is 393 Å². The van der Waals surface area contributed by atoms with Crippen molar-refractivity contribution < 1.29 is 393 Å². The van der Waals surface area contributed by atoms with Crippen molar-refractivity contribution in [3.8, 4) is 0 Å². The van der Waals surface area contributed by atoms with Crippen LogP contribution in [0.4, 0.5) is 0 Å². The van der Waals surface area contributed by atoms with Crippen LogP contribution < -0.4 is 0 Å². The maximum Gasteiger partial charge on any atom is 0 e. The van der Waals surface area contributed by atoms with Crippen molar-refractivity contribution in [2.45, 2.75) is 13.8 Å². The summed E-state index contributed by atoms with van der Waals surface area (Å²) in [7, 11) is 0. The van der Waals surface area contributed by atoms with Gasteiger partial charge in [-0.1, -0.05) is 13.8 Å². The molecule has 0 aromatic carbocycles. The van der Waals surface area contributed by atoms with Crippen molar-refractivity contribution in [1.82, 2.24) is 0 Å².